The molecule has 1 aliphatic heterocycles. The molecule has 0 N–H and O–H groups in total. The maximum absolute atomic E-state index is 12.9. The van der Waals surface area contributed by atoms with E-state index >= 15 is 0 Å². The van der Waals surface area contributed by atoms with Gasteiger partial charge in [-0.15, -0.1) is 0 Å². The molecule has 0 aromatic heterocycles. The van der Waals surface area contributed by atoms with Crippen LogP contribution in [0.2, 0.25) is 0 Å². The van der Waals surface area contributed by atoms with Crippen LogP contribution in [0.5, 0.6) is 0 Å². The molecule has 0 spiro atoms. The van der Waals surface area contributed by atoms with Crippen molar-refractivity contribution in [2.24, 2.45) is 0 Å². The van der Waals surface area contributed by atoms with Gasteiger partial charge in [-0.3, -0.25) is 0 Å². The summed E-state index contributed by atoms with van der Waals surface area (Å²) in [5.41, 5.74) is 0.944. The molecule has 0 saturated heterocycles. The van der Waals surface area contributed by atoms with E-state index in [2.05, 4.69) is 0 Å². The van der Waals surface area contributed by atoms with Crippen molar-refractivity contribution in [2.75, 3.05) is 3.92 Å². The molecule has 2 aromatic carbocycles. The number of carbonyl (C=O) groups excluding carboxylic acids is 1. The van der Waals surface area contributed by atoms with Gasteiger partial charge in [-0.25, -0.2) is 0 Å². The van der Waals surface area contributed by atoms with E-state index < -0.39 is 14.1 Å². The van der Waals surface area contributed by atoms with E-state index in [-0.39, 0.29) is 11.7 Å². The molecule has 0 radical (unpaired) electrons. The summed E-state index contributed by atoms with van der Waals surface area (Å²) in [4.78, 5) is 12.2. The fourth-order valence-electron chi connectivity index (χ4n) is 1.87. The van der Waals surface area contributed by atoms with Gasteiger partial charge in [0.25, 0.3) is 0 Å². The molecule has 0 aliphatic carbocycles. The number of amides is 1. The van der Waals surface area contributed by atoms with Gasteiger partial charge in [-0.2, -0.15) is 0 Å². The molecule has 0 bridgehead atoms. The van der Waals surface area contributed by atoms with Gasteiger partial charge in [0, 0.05) is 0 Å². The number of rotatable bonds is 1. The summed E-state index contributed by atoms with van der Waals surface area (Å²) in [6, 6.07) is 12.3. The second-order valence-electron chi connectivity index (χ2n) is 3.82. The van der Waals surface area contributed by atoms with Gasteiger partial charge < -0.3 is 0 Å². The van der Waals surface area contributed by atoms with E-state index in [0.29, 0.717) is 15.7 Å². The number of anilines is 1. The summed E-state index contributed by atoms with van der Waals surface area (Å²) < 4.78 is 27.0. The standard InChI is InChI=1S/C13H8FNO2Se/c14-9-5-7-10(8-6-9)15-13(16)11-3-1-2-4-12(11)18(15)17/h1-8H. The molecule has 90 valence electrons. The zero-order valence-corrected chi connectivity index (χ0v) is 10.9. The van der Waals surface area contributed by atoms with E-state index in [9.17, 15) is 13.0 Å². The fourth-order valence-corrected chi connectivity index (χ4v) is 4.59. The zero-order chi connectivity index (χ0) is 12.7. The predicted molar refractivity (Wildman–Crippen MR) is 65.7 cm³/mol. The van der Waals surface area contributed by atoms with Crippen LogP contribution in [-0.2, 0) is 3.83 Å². The Morgan fingerprint density at radius 2 is 1.67 bits per heavy atom. The van der Waals surface area contributed by atoms with E-state index in [4.69, 9.17) is 0 Å². The second-order valence-corrected chi connectivity index (χ2v) is 6.56. The van der Waals surface area contributed by atoms with Crippen LogP contribution in [0.25, 0.3) is 0 Å². The Morgan fingerprint density at radius 1 is 1.00 bits per heavy atom. The molecule has 1 heterocycles. The van der Waals surface area contributed by atoms with Crippen LogP contribution in [0.4, 0.5) is 10.1 Å². The molecule has 18 heavy (non-hydrogen) atoms. The third-order valence-electron chi connectivity index (χ3n) is 2.72. The van der Waals surface area contributed by atoms with Crippen LogP contribution in [0.15, 0.2) is 48.5 Å². The SMILES string of the molecule is O=C1c2ccccc2[Se](=O)N1c1ccc(F)cc1. The first-order chi connectivity index (χ1) is 8.68. The average Bonchev–Trinajstić information content (AvgIpc) is 2.64. The van der Waals surface area contributed by atoms with Gasteiger partial charge >= 0.3 is 107 Å². The third kappa shape index (κ3) is 1.60. The van der Waals surface area contributed by atoms with Gasteiger partial charge in [0.1, 0.15) is 0 Å². The number of hydrogen-bond acceptors (Lipinski definition) is 2. The minimum atomic E-state index is -2.60. The number of nitrogens with zero attached hydrogens (tertiary/aromatic N) is 1. The van der Waals surface area contributed by atoms with Crippen LogP contribution < -0.4 is 8.38 Å². The Hall–Kier alpha value is -1.84. The molecule has 3 rings (SSSR count). The number of benzene rings is 2. The Balaban J connectivity index is 2.09. The summed E-state index contributed by atoms with van der Waals surface area (Å²) in [7, 11) is 0. The minimum absolute atomic E-state index is 0.280. The molecule has 0 saturated carbocycles. The van der Waals surface area contributed by atoms with Crippen molar-refractivity contribution in [3.63, 3.8) is 0 Å². The summed E-state index contributed by atoms with van der Waals surface area (Å²) in [6.07, 6.45) is 0. The molecule has 1 unspecified atom stereocenters. The Bertz CT molecular complexity index is 619. The Labute approximate surface area is 107 Å². The normalized spacial score (nSPS) is 17.9. The average molecular weight is 308 g/mol. The maximum atomic E-state index is 12.9. The van der Waals surface area contributed by atoms with Crippen LogP contribution in [-0.4, -0.2) is 20.0 Å². The summed E-state index contributed by atoms with van der Waals surface area (Å²) in [6.45, 7) is 0. The quantitative estimate of drug-likeness (QED) is 0.751. The first kappa shape index (κ1) is 11.3. The number of carbonyl (C=O) groups is 1. The van der Waals surface area contributed by atoms with E-state index in [1.165, 1.54) is 28.2 Å². The molecular weight excluding hydrogens is 300 g/mol. The second kappa shape index (κ2) is 4.12. The van der Waals surface area contributed by atoms with Gasteiger partial charge in [0.2, 0.25) is 0 Å². The number of fused-ring (bicyclic) bond motifs is 1. The van der Waals surface area contributed by atoms with Gasteiger partial charge in [0.05, 0.1) is 0 Å². The monoisotopic (exact) mass is 309 g/mol. The van der Waals surface area contributed by atoms with Gasteiger partial charge in [0.15, 0.2) is 0 Å². The first-order valence-electron chi connectivity index (χ1n) is 5.29. The molecule has 1 atom stereocenters. The van der Waals surface area contributed by atoms with Crippen molar-refractivity contribution in [2.45, 2.75) is 0 Å². The van der Waals surface area contributed by atoms with Gasteiger partial charge in [-0.1, -0.05) is 0 Å². The summed E-state index contributed by atoms with van der Waals surface area (Å²) in [5, 5.41) is 0. The Kier molecular flexibility index (Phi) is 2.58. The van der Waals surface area contributed by atoms with Crippen LogP contribution in [0, 0.1) is 5.82 Å². The molecular formula is C13H8FNO2Se. The van der Waals surface area contributed by atoms with Crippen molar-refractivity contribution in [1.29, 1.82) is 0 Å². The summed E-state index contributed by atoms with van der Waals surface area (Å²) >= 11 is -2.60. The molecule has 0 fully saturated rings. The van der Waals surface area contributed by atoms with E-state index in [1.54, 1.807) is 24.3 Å². The van der Waals surface area contributed by atoms with Crippen molar-refractivity contribution in [3.05, 3.63) is 59.9 Å². The predicted octanol–water partition coefficient (Wildman–Crippen LogP) is 1.61. The van der Waals surface area contributed by atoms with Crippen LogP contribution in [0.3, 0.4) is 0 Å². The molecule has 5 heteroatoms. The van der Waals surface area contributed by atoms with Crippen molar-refractivity contribution >= 4 is 30.1 Å². The van der Waals surface area contributed by atoms with Gasteiger partial charge in [-0.05, 0) is 0 Å². The fraction of sp³-hybridized carbons (Fsp3) is 0. The number of halogens is 1. The molecule has 3 nitrogen and oxygen atoms in total. The molecule has 2 aromatic rings. The summed E-state index contributed by atoms with van der Waals surface area (Å²) in [5.74, 6) is -0.664. The van der Waals surface area contributed by atoms with Crippen molar-refractivity contribution in [3.8, 4) is 0 Å². The molecule has 1 aliphatic rings. The Morgan fingerprint density at radius 3 is 2.33 bits per heavy atom. The topological polar surface area (TPSA) is 37.4 Å². The van der Waals surface area contributed by atoms with Crippen LogP contribution >= 0.6 is 0 Å². The van der Waals surface area contributed by atoms with Crippen molar-refractivity contribution in [1.82, 2.24) is 0 Å². The van der Waals surface area contributed by atoms with E-state index in [0.717, 1.165) is 0 Å². The first-order valence-corrected chi connectivity index (χ1v) is 7.61. The van der Waals surface area contributed by atoms with Crippen molar-refractivity contribution < 1.29 is 13.0 Å². The molecule has 1 amide bonds. The van der Waals surface area contributed by atoms with Crippen LogP contribution in [0.1, 0.15) is 10.4 Å². The number of hydrogen-bond donors (Lipinski definition) is 0. The van der Waals surface area contributed by atoms with E-state index in [1.807, 2.05) is 0 Å². The zero-order valence-electron chi connectivity index (χ0n) is 9.17. The third-order valence-corrected chi connectivity index (χ3v) is 5.74.